The smallest absolute Gasteiger partial charge is 0.161 e. The van der Waals surface area contributed by atoms with Crippen LogP contribution in [0.3, 0.4) is 0 Å². The number of rotatable bonds is 7. The zero-order chi connectivity index (χ0) is 19.2. The summed E-state index contributed by atoms with van der Waals surface area (Å²) >= 11 is 0. The number of benzene rings is 1. The van der Waals surface area contributed by atoms with Crippen LogP contribution in [0.4, 0.5) is 5.82 Å². The minimum absolute atomic E-state index is 0.180. The molecule has 0 aliphatic carbocycles. The van der Waals surface area contributed by atoms with Crippen LogP contribution in [0.25, 0.3) is 11.4 Å². The number of methoxy groups -OCH3 is 1. The number of hydrogen-bond donors (Lipinski definition) is 1. The zero-order valence-electron chi connectivity index (χ0n) is 16.2. The van der Waals surface area contributed by atoms with Crippen molar-refractivity contribution in [2.45, 2.75) is 13.0 Å². The van der Waals surface area contributed by atoms with E-state index in [-0.39, 0.29) is 6.04 Å². The zero-order valence-corrected chi connectivity index (χ0v) is 16.2. The van der Waals surface area contributed by atoms with Gasteiger partial charge < -0.3 is 15.0 Å². The first-order valence-electron chi connectivity index (χ1n) is 8.87. The SMILES string of the molecule is COc1cccc([C@H](CNc2cc(C)nc(-c3ccncc3)n2)N(C)C)c1. The van der Waals surface area contributed by atoms with Gasteiger partial charge in [0.25, 0.3) is 0 Å². The lowest BCUT2D eigenvalue weighted by atomic mass is 10.1. The van der Waals surface area contributed by atoms with Gasteiger partial charge in [-0.2, -0.15) is 0 Å². The van der Waals surface area contributed by atoms with Crippen molar-refractivity contribution in [1.29, 1.82) is 0 Å². The molecule has 0 saturated heterocycles. The summed E-state index contributed by atoms with van der Waals surface area (Å²) in [7, 11) is 5.82. The second kappa shape index (κ2) is 8.60. The molecule has 0 bridgehead atoms. The van der Waals surface area contributed by atoms with E-state index in [1.54, 1.807) is 19.5 Å². The molecule has 0 fully saturated rings. The lowest BCUT2D eigenvalue weighted by molar-refractivity contribution is 0.310. The molecule has 0 amide bonds. The number of pyridine rings is 1. The highest BCUT2D eigenvalue weighted by Gasteiger charge is 2.15. The Bertz CT molecular complexity index is 883. The lowest BCUT2D eigenvalue weighted by Crippen LogP contribution is -2.27. The molecule has 1 N–H and O–H groups in total. The Hall–Kier alpha value is -2.99. The van der Waals surface area contributed by atoms with Crippen molar-refractivity contribution in [2.75, 3.05) is 33.1 Å². The average molecular weight is 363 g/mol. The summed E-state index contributed by atoms with van der Waals surface area (Å²) < 4.78 is 5.36. The fourth-order valence-corrected chi connectivity index (χ4v) is 2.94. The predicted molar refractivity (Wildman–Crippen MR) is 108 cm³/mol. The molecule has 0 aliphatic rings. The van der Waals surface area contributed by atoms with Crippen molar-refractivity contribution < 1.29 is 4.74 Å². The first kappa shape index (κ1) is 18.8. The van der Waals surface area contributed by atoms with Crippen LogP contribution in [0.2, 0.25) is 0 Å². The Balaban J connectivity index is 1.80. The summed E-state index contributed by atoms with van der Waals surface area (Å²) in [6.07, 6.45) is 3.50. The van der Waals surface area contributed by atoms with Crippen molar-refractivity contribution in [3.05, 3.63) is 66.1 Å². The molecule has 0 radical (unpaired) electrons. The topological polar surface area (TPSA) is 63.2 Å². The molecular weight excluding hydrogens is 338 g/mol. The number of nitrogens with zero attached hydrogens (tertiary/aromatic N) is 4. The Labute approximate surface area is 160 Å². The summed E-state index contributed by atoms with van der Waals surface area (Å²) in [6.45, 7) is 2.69. The Morgan fingerprint density at radius 1 is 1.07 bits per heavy atom. The standard InChI is InChI=1S/C21H25N5O/c1-15-12-20(25-21(24-15)16-8-10-22-11-9-16)23-14-19(26(2)3)17-6-5-7-18(13-17)27-4/h5-13,19H,14H2,1-4H3,(H,23,24,25)/t19-/m0/s1. The number of ether oxygens (including phenoxy) is 1. The molecular formula is C21H25N5O. The van der Waals surface area contributed by atoms with E-state index < -0.39 is 0 Å². The quantitative estimate of drug-likeness (QED) is 0.692. The van der Waals surface area contributed by atoms with Gasteiger partial charge in [-0.15, -0.1) is 0 Å². The van der Waals surface area contributed by atoms with Crippen LogP contribution in [-0.2, 0) is 0 Å². The van der Waals surface area contributed by atoms with Crippen molar-refractivity contribution in [3.63, 3.8) is 0 Å². The monoisotopic (exact) mass is 363 g/mol. The van der Waals surface area contributed by atoms with E-state index in [1.807, 2.05) is 37.3 Å². The van der Waals surface area contributed by atoms with Crippen molar-refractivity contribution in [2.24, 2.45) is 0 Å². The highest BCUT2D eigenvalue weighted by atomic mass is 16.5. The lowest BCUT2D eigenvalue weighted by Gasteiger charge is -2.25. The van der Waals surface area contributed by atoms with E-state index in [9.17, 15) is 0 Å². The van der Waals surface area contributed by atoms with Gasteiger partial charge in [-0.3, -0.25) is 4.98 Å². The summed E-state index contributed by atoms with van der Waals surface area (Å²) in [6, 6.07) is 14.1. The number of likely N-dealkylation sites (N-methyl/N-ethyl adjacent to an activating group) is 1. The molecule has 2 heterocycles. The maximum absolute atomic E-state index is 5.36. The fraction of sp³-hybridized carbons (Fsp3) is 0.286. The Kier molecular flexibility index (Phi) is 5.98. The van der Waals surface area contributed by atoms with Gasteiger partial charge in [0.05, 0.1) is 13.2 Å². The third-order valence-electron chi connectivity index (χ3n) is 4.37. The summed E-state index contributed by atoms with van der Waals surface area (Å²) in [4.78, 5) is 15.4. The van der Waals surface area contributed by atoms with E-state index in [1.165, 1.54) is 5.56 Å². The minimum atomic E-state index is 0.180. The van der Waals surface area contributed by atoms with Crippen LogP contribution >= 0.6 is 0 Å². The predicted octanol–water partition coefficient (Wildman–Crippen LogP) is 3.57. The van der Waals surface area contributed by atoms with Gasteiger partial charge in [0.1, 0.15) is 11.6 Å². The maximum Gasteiger partial charge on any atom is 0.161 e. The Morgan fingerprint density at radius 3 is 2.56 bits per heavy atom. The van der Waals surface area contributed by atoms with Crippen LogP contribution in [0, 0.1) is 6.92 Å². The third-order valence-corrected chi connectivity index (χ3v) is 4.37. The van der Waals surface area contributed by atoms with Gasteiger partial charge in [-0.25, -0.2) is 9.97 Å². The Morgan fingerprint density at radius 2 is 1.85 bits per heavy atom. The van der Waals surface area contributed by atoms with Gasteiger partial charge >= 0.3 is 0 Å². The summed E-state index contributed by atoms with van der Waals surface area (Å²) in [5, 5.41) is 3.46. The molecule has 2 aromatic heterocycles. The summed E-state index contributed by atoms with van der Waals surface area (Å²) in [5.74, 6) is 2.36. The van der Waals surface area contributed by atoms with Gasteiger partial charge in [-0.05, 0) is 50.8 Å². The number of hydrogen-bond acceptors (Lipinski definition) is 6. The van der Waals surface area contributed by atoms with Crippen LogP contribution in [0.5, 0.6) is 5.75 Å². The van der Waals surface area contributed by atoms with Crippen molar-refractivity contribution in [3.8, 4) is 17.1 Å². The van der Waals surface area contributed by atoms with Crippen LogP contribution < -0.4 is 10.1 Å². The fourth-order valence-electron chi connectivity index (χ4n) is 2.94. The number of nitrogens with one attached hydrogen (secondary N) is 1. The molecule has 3 rings (SSSR count). The van der Waals surface area contributed by atoms with Gasteiger partial charge in [0, 0.05) is 36.3 Å². The molecule has 27 heavy (non-hydrogen) atoms. The minimum Gasteiger partial charge on any atom is -0.497 e. The molecule has 1 aromatic carbocycles. The number of anilines is 1. The van der Waals surface area contributed by atoms with E-state index in [2.05, 4.69) is 51.4 Å². The molecule has 1 atom stereocenters. The van der Waals surface area contributed by atoms with Gasteiger partial charge in [0.15, 0.2) is 5.82 Å². The van der Waals surface area contributed by atoms with E-state index in [4.69, 9.17) is 4.74 Å². The molecule has 140 valence electrons. The molecule has 6 nitrogen and oxygen atoms in total. The highest BCUT2D eigenvalue weighted by molar-refractivity contribution is 5.56. The normalized spacial score (nSPS) is 12.0. The van der Waals surface area contributed by atoms with E-state index in [0.29, 0.717) is 12.4 Å². The average Bonchev–Trinajstić information content (AvgIpc) is 2.68. The molecule has 6 heteroatoms. The first-order chi connectivity index (χ1) is 13.1. The van der Waals surface area contributed by atoms with Crippen LogP contribution in [0.1, 0.15) is 17.3 Å². The van der Waals surface area contributed by atoms with Crippen molar-refractivity contribution in [1.82, 2.24) is 19.9 Å². The highest BCUT2D eigenvalue weighted by Crippen LogP contribution is 2.24. The molecule has 0 aliphatic heterocycles. The summed E-state index contributed by atoms with van der Waals surface area (Å²) in [5.41, 5.74) is 3.06. The van der Waals surface area contributed by atoms with E-state index >= 15 is 0 Å². The van der Waals surface area contributed by atoms with Gasteiger partial charge in [0.2, 0.25) is 0 Å². The first-order valence-corrected chi connectivity index (χ1v) is 8.87. The number of aryl methyl sites for hydroxylation is 1. The van der Waals surface area contributed by atoms with E-state index in [0.717, 1.165) is 22.8 Å². The molecule has 0 saturated carbocycles. The maximum atomic E-state index is 5.36. The largest absolute Gasteiger partial charge is 0.497 e. The second-order valence-electron chi connectivity index (χ2n) is 6.59. The number of aromatic nitrogens is 3. The van der Waals surface area contributed by atoms with Gasteiger partial charge in [-0.1, -0.05) is 12.1 Å². The molecule has 0 spiro atoms. The molecule has 0 unspecified atom stereocenters. The van der Waals surface area contributed by atoms with Crippen molar-refractivity contribution >= 4 is 5.82 Å². The van der Waals surface area contributed by atoms with Crippen LogP contribution in [0.15, 0.2) is 54.9 Å². The second-order valence-corrected chi connectivity index (χ2v) is 6.59. The molecule has 3 aromatic rings. The third kappa shape index (κ3) is 4.80. The van der Waals surface area contributed by atoms with Crippen LogP contribution in [-0.4, -0.2) is 47.6 Å².